The Labute approximate surface area is 105 Å². The Morgan fingerprint density at radius 3 is 2.83 bits per heavy atom. The smallest absolute Gasteiger partial charge is 0.123 e. The standard InChI is InChI=1S/C16H11FN/c17-15-6-3-4-12(9-15)8-14-11-18-10-13-5-1-2-7-16(13)14/h1-7,9-10H,8H2. The Balaban J connectivity index is 2.05. The molecule has 87 valence electrons. The lowest BCUT2D eigenvalue weighted by molar-refractivity contribution is 0.626. The second kappa shape index (κ2) is 4.57. The highest BCUT2D eigenvalue weighted by molar-refractivity contribution is 5.84. The molecule has 2 heteroatoms. The van der Waals surface area contributed by atoms with Crippen LogP contribution >= 0.6 is 0 Å². The summed E-state index contributed by atoms with van der Waals surface area (Å²) in [6, 6.07) is 14.7. The van der Waals surface area contributed by atoms with Crippen LogP contribution in [0.5, 0.6) is 0 Å². The second-order valence-corrected chi connectivity index (χ2v) is 4.24. The monoisotopic (exact) mass is 236 g/mol. The summed E-state index contributed by atoms with van der Waals surface area (Å²) < 4.78 is 13.2. The van der Waals surface area contributed by atoms with Gasteiger partial charge >= 0.3 is 0 Å². The number of fused-ring (bicyclic) bond motifs is 1. The van der Waals surface area contributed by atoms with Crippen molar-refractivity contribution >= 4 is 10.8 Å². The van der Waals surface area contributed by atoms with Crippen molar-refractivity contribution in [1.29, 1.82) is 0 Å². The topological polar surface area (TPSA) is 12.9 Å². The highest BCUT2D eigenvalue weighted by atomic mass is 19.1. The average Bonchev–Trinajstić information content (AvgIpc) is 2.39. The minimum Gasteiger partial charge on any atom is -0.254 e. The van der Waals surface area contributed by atoms with Crippen molar-refractivity contribution in [2.45, 2.75) is 6.42 Å². The molecule has 1 aromatic heterocycles. The van der Waals surface area contributed by atoms with Crippen molar-refractivity contribution in [3.8, 4) is 0 Å². The van der Waals surface area contributed by atoms with Crippen molar-refractivity contribution in [3.63, 3.8) is 0 Å². The molecule has 0 bridgehead atoms. The number of halogens is 1. The number of hydrogen-bond acceptors (Lipinski definition) is 1. The maximum absolute atomic E-state index is 13.2. The number of nitrogens with zero attached hydrogens (tertiary/aromatic N) is 1. The van der Waals surface area contributed by atoms with E-state index >= 15 is 0 Å². The largest absolute Gasteiger partial charge is 0.254 e. The predicted molar refractivity (Wildman–Crippen MR) is 69.8 cm³/mol. The van der Waals surface area contributed by atoms with E-state index in [-0.39, 0.29) is 5.82 Å². The van der Waals surface area contributed by atoms with E-state index in [1.54, 1.807) is 18.3 Å². The van der Waals surface area contributed by atoms with Crippen LogP contribution < -0.4 is 0 Å². The molecule has 18 heavy (non-hydrogen) atoms. The lowest BCUT2D eigenvalue weighted by Crippen LogP contribution is -1.92. The molecule has 3 rings (SSSR count). The molecule has 1 nitrogen and oxygen atoms in total. The SMILES string of the molecule is Fc1cccc(Cc2[c]ncc3ccccc23)c1. The normalized spacial score (nSPS) is 10.7. The fourth-order valence-corrected chi connectivity index (χ4v) is 2.11. The number of aromatic nitrogens is 1. The van der Waals surface area contributed by atoms with Crippen LogP contribution in [0, 0.1) is 12.0 Å². The summed E-state index contributed by atoms with van der Waals surface area (Å²) >= 11 is 0. The van der Waals surface area contributed by atoms with Crippen LogP contribution in [0.4, 0.5) is 4.39 Å². The molecule has 0 fully saturated rings. The van der Waals surface area contributed by atoms with Crippen LogP contribution in [0.25, 0.3) is 10.8 Å². The van der Waals surface area contributed by atoms with Crippen molar-refractivity contribution in [1.82, 2.24) is 4.98 Å². The van der Waals surface area contributed by atoms with Gasteiger partial charge in [-0.2, -0.15) is 0 Å². The van der Waals surface area contributed by atoms with E-state index in [4.69, 9.17) is 0 Å². The minimum atomic E-state index is -0.208. The Bertz CT molecular complexity index is 686. The molecule has 0 aliphatic rings. The zero-order valence-corrected chi connectivity index (χ0v) is 9.73. The first-order valence-electron chi connectivity index (χ1n) is 5.82. The first-order valence-corrected chi connectivity index (χ1v) is 5.82. The number of pyridine rings is 1. The summed E-state index contributed by atoms with van der Waals surface area (Å²) in [5.74, 6) is -0.208. The van der Waals surface area contributed by atoms with E-state index in [1.807, 2.05) is 30.3 Å². The minimum absolute atomic E-state index is 0.208. The first-order chi connectivity index (χ1) is 8.83. The van der Waals surface area contributed by atoms with E-state index in [9.17, 15) is 4.39 Å². The van der Waals surface area contributed by atoms with Crippen LogP contribution in [0.15, 0.2) is 54.7 Å². The summed E-state index contributed by atoms with van der Waals surface area (Å²) in [4.78, 5) is 4.11. The molecule has 0 N–H and O–H groups in total. The van der Waals surface area contributed by atoms with Crippen LogP contribution in [0.2, 0.25) is 0 Å². The van der Waals surface area contributed by atoms with Gasteiger partial charge in [0.25, 0.3) is 0 Å². The number of hydrogen-bond donors (Lipinski definition) is 0. The van der Waals surface area contributed by atoms with Gasteiger partial charge in [0.1, 0.15) is 5.82 Å². The molecule has 0 saturated carbocycles. The lowest BCUT2D eigenvalue weighted by Gasteiger charge is -2.05. The highest BCUT2D eigenvalue weighted by Crippen LogP contribution is 2.19. The van der Waals surface area contributed by atoms with Gasteiger partial charge in [0.15, 0.2) is 0 Å². The summed E-state index contributed by atoms with van der Waals surface area (Å²) in [6.07, 6.45) is 5.45. The van der Waals surface area contributed by atoms with Crippen molar-refractivity contribution in [2.24, 2.45) is 0 Å². The molecule has 0 unspecified atom stereocenters. The second-order valence-electron chi connectivity index (χ2n) is 4.24. The Kier molecular flexibility index (Phi) is 2.77. The third-order valence-electron chi connectivity index (χ3n) is 2.96. The van der Waals surface area contributed by atoms with Crippen LogP contribution in [0.1, 0.15) is 11.1 Å². The average molecular weight is 236 g/mol. The Morgan fingerprint density at radius 1 is 1.06 bits per heavy atom. The predicted octanol–water partition coefficient (Wildman–Crippen LogP) is 3.76. The Morgan fingerprint density at radius 2 is 1.94 bits per heavy atom. The van der Waals surface area contributed by atoms with E-state index < -0.39 is 0 Å². The van der Waals surface area contributed by atoms with E-state index in [0.717, 1.165) is 21.9 Å². The zero-order chi connectivity index (χ0) is 12.4. The van der Waals surface area contributed by atoms with Crippen molar-refractivity contribution in [3.05, 3.63) is 77.9 Å². The molecule has 3 aromatic rings. The number of benzene rings is 2. The molecule has 1 heterocycles. The fraction of sp³-hybridized carbons (Fsp3) is 0.0625. The van der Waals surface area contributed by atoms with Crippen LogP contribution in [-0.4, -0.2) is 4.98 Å². The van der Waals surface area contributed by atoms with E-state index in [0.29, 0.717) is 6.42 Å². The van der Waals surface area contributed by atoms with Gasteiger partial charge in [-0.15, -0.1) is 0 Å². The molecule has 0 aliphatic carbocycles. The molecule has 1 radical (unpaired) electrons. The maximum Gasteiger partial charge on any atom is 0.123 e. The molecule has 0 saturated heterocycles. The summed E-state index contributed by atoms with van der Waals surface area (Å²) in [5.41, 5.74) is 1.93. The van der Waals surface area contributed by atoms with E-state index in [1.165, 1.54) is 6.07 Å². The molecule has 2 aromatic carbocycles. The van der Waals surface area contributed by atoms with Gasteiger partial charge in [-0.25, -0.2) is 4.39 Å². The highest BCUT2D eigenvalue weighted by Gasteiger charge is 2.03. The lowest BCUT2D eigenvalue weighted by atomic mass is 10.0. The zero-order valence-electron chi connectivity index (χ0n) is 9.73. The van der Waals surface area contributed by atoms with E-state index in [2.05, 4.69) is 11.2 Å². The molecular formula is C16H11FN. The summed E-state index contributed by atoms with van der Waals surface area (Å²) in [6.45, 7) is 0. The molecule has 0 atom stereocenters. The molecule has 0 aliphatic heterocycles. The first kappa shape index (κ1) is 10.9. The molecule has 0 amide bonds. The molecule has 0 spiro atoms. The van der Waals surface area contributed by atoms with Gasteiger partial charge in [-0.05, 0) is 28.6 Å². The van der Waals surface area contributed by atoms with Crippen molar-refractivity contribution < 1.29 is 4.39 Å². The van der Waals surface area contributed by atoms with Gasteiger partial charge < -0.3 is 0 Å². The van der Waals surface area contributed by atoms with Crippen LogP contribution in [0.3, 0.4) is 0 Å². The fourth-order valence-electron chi connectivity index (χ4n) is 2.11. The van der Waals surface area contributed by atoms with Crippen LogP contribution in [-0.2, 0) is 6.42 Å². The number of rotatable bonds is 2. The molecular weight excluding hydrogens is 225 g/mol. The summed E-state index contributed by atoms with van der Waals surface area (Å²) in [7, 11) is 0. The third kappa shape index (κ3) is 2.09. The van der Waals surface area contributed by atoms with Gasteiger partial charge in [-0.3, -0.25) is 4.98 Å². The maximum atomic E-state index is 13.2. The Hall–Kier alpha value is -2.22. The quantitative estimate of drug-likeness (QED) is 0.660. The van der Waals surface area contributed by atoms with Gasteiger partial charge in [0.2, 0.25) is 0 Å². The van der Waals surface area contributed by atoms with Gasteiger partial charge in [0.05, 0.1) is 6.20 Å². The van der Waals surface area contributed by atoms with Crippen molar-refractivity contribution in [2.75, 3.05) is 0 Å². The summed E-state index contributed by atoms with van der Waals surface area (Å²) in [5, 5.41) is 2.21. The van der Waals surface area contributed by atoms with Gasteiger partial charge in [-0.1, -0.05) is 36.4 Å². The van der Waals surface area contributed by atoms with Gasteiger partial charge in [0, 0.05) is 18.0 Å². The third-order valence-corrected chi connectivity index (χ3v) is 2.96.